The van der Waals surface area contributed by atoms with Crippen LogP contribution >= 0.6 is 0 Å². The Hall–Kier alpha value is -2.59. The van der Waals surface area contributed by atoms with Crippen LogP contribution in [-0.4, -0.2) is 11.6 Å². The number of benzene rings is 2. The molecule has 4 nitrogen and oxygen atoms in total. The summed E-state index contributed by atoms with van der Waals surface area (Å²) in [6.07, 6.45) is 3.52. The van der Waals surface area contributed by atoms with E-state index in [1.807, 2.05) is 24.3 Å². The van der Waals surface area contributed by atoms with E-state index in [9.17, 15) is 0 Å². The number of rotatable bonds is 6. The summed E-state index contributed by atoms with van der Waals surface area (Å²) in [5.41, 5.74) is 16.3. The molecule has 4 heteroatoms. The highest BCUT2D eigenvalue weighted by Gasteiger charge is 2.04. The van der Waals surface area contributed by atoms with Crippen LogP contribution in [0.1, 0.15) is 17.5 Å². The monoisotopic (exact) mass is 307 g/mol. The molecule has 23 heavy (non-hydrogen) atoms. The molecule has 1 heterocycles. The van der Waals surface area contributed by atoms with Crippen LogP contribution in [0, 0.1) is 0 Å². The molecule has 0 spiro atoms. The SMILES string of the molecule is Nc1cnc2ccc(CCCOCc3ccccc3)cc2c1N. The smallest absolute Gasteiger partial charge is 0.0740 e. The lowest BCUT2D eigenvalue weighted by atomic mass is 10.1. The van der Waals surface area contributed by atoms with Gasteiger partial charge < -0.3 is 16.2 Å². The minimum Gasteiger partial charge on any atom is -0.396 e. The van der Waals surface area contributed by atoms with Gasteiger partial charge in [-0.1, -0.05) is 36.4 Å². The van der Waals surface area contributed by atoms with Crippen molar-refractivity contribution in [2.75, 3.05) is 18.1 Å². The molecule has 1 aromatic heterocycles. The molecule has 0 amide bonds. The van der Waals surface area contributed by atoms with Crippen LogP contribution in [0.25, 0.3) is 10.9 Å². The molecular weight excluding hydrogens is 286 g/mol. The van der Waals surface area contributed by atoms with Crippen LogP contribution in [0.15, 0.2) is 54.7 Å². The second-order valence-corrected chi connectivity index (χ2v) is 5.62. The molecule has 0 aliphatic heterocycles. The standard InChI is InChI=1S/C19H21N3O/c20-17-12-22-18-9-8-14(11-16(18)19(17)21)7-4-10-23-13-15-5-2-1-3-6-15/h1-3,5-6,8-9,11-12H,4,7,10,13,20H2,(H2,21,22). The fraction of sp³-hybridized carbons (Fsp3) is 0.211. The zero-order chi connectivity index (χ0) is 16.1. The van der Waals surface area contributed by atoms with Crippen LogP contribution in [0.5, 0.6) is 0 Å². The van der Waals surface area contributed by atoms with Gasteiger partial charge in [0.2, 0.25) is 0 Å². The first-order chi connectivity index (χ1) is 11.2. The van der Waals surface area contributed by atoms with E-state index in [0.29, 0.717) is 18.0 Å². The molecule has 118 valence electrons. The maximum atomic E-state index is 6.04. The predicted molar refractivity (Wildman–Crippen MR) is 95.0 cm³/mol. The van der Waals surface area contributed by atoms with Gasteiger partial charge in [-0.15, -0.1) is 0 Å². The Balaban J connectivity index is 1.54. The van der Waals surface area contributed by atoms with Gasteiger partial charge in [0.25, 0.3) is 0 Å². The summed E-state index contributed by atoms with van der Waals surface area (Å²) >= 11 is 0. The van der Waals surface area contributed by atoms with Crippen molar-refractivity contribution in [1.29, 1.82) is 0 Å². The van der Waals surface area contributed by atoms with Crippen molar-refractivity contribution in [1.82, 2.24) is 4.98 Å². The number of aromatic nitrogens is 1. The normalized spacial score (nSPS) is 11.0. The van der Waals surface area contributed by atoms with E-state index in [0.717, 1.165) is 30.4 Å². The van der Waals surface area contributed by atoms with Gasteiger partial charge in [-0.2, -0.15) is 0 Å². The van der Waals surface area contributed by atoms with E-state index in [2.05, 4.69) is 29.2 Å². The van der Waals surface area contributed by atoms with Gasteiger partial charge in [-0.3, -0.25) is 4.98 Å². The van der Waals surface area contributed by atoms with Crippen molar-refractivity contribution in [2.24, 2.45) is 0 Å². The third kappa shape index (κ3) is 3.79. The summed E-state index contributed by atoms with van der Waals surface area (Å²) in [4.78, 5) is 4.30. The van der Waals surface area contributed by atoms with Crippen LogP contribution in [0.3, 0.4) is 0 Å². The number of ether oxygens (including phenoxy) is 1. The van der Waals surface area contributed by atoms with Gasteiger partial charge in [0, 0.05) is 12.0 Å². The number of aryl methyl sites for hydroxylation is 1. The highest BCUT2D eigenvalue weighted by Crippen LogP contribution is 2.25. The van der Waals surface area contributed by atoms with Crippen molar-refractivity contribution in [3.63, 3.8) is 0 Å². The first-order valence-corrected chi connectivity index (χ1v) is 7.78. The van der Waals surface area contributed by atoms with Gasteiger partial charge in [0.05, 0.1) is 29.7 Å². The minimum absolute atomic E-state index is 0.529. The summed E-state index contributed by atoms with van der Waals surface area (Å²) in [7, 11) is 0. The van der Waals surface area contributed by atoms with Crippen LogP contribution in [0.2, 0.25) is 0 Å². The predicted octanol–water partition coefficient (Wildman–Crippen LogP) is 3.55. The second-order valence-electron chi connectivity index (χ2n) is 5.62. The molecule has 2 aromatic carbocycles. The van der Waals surface area contributed by atoms with Gasteiger partial charge in [0.1, 0.15) is 0 Å². The maximum Gasteiger partial charge on any atom is 0.0740 e. The maximum absolute atomic E-state index is 6.04. The van der Waals surface area contributed by atoms with Crippen LogP contribution in [-0.2, 0) is 17.8 Å². The molecule has 4 N–H and O–H groups in total. The van der Waals surface area contributed by atoms with E-state index in [1.54, 1.807) is 6.20 Å². The zero-order valence-corrected chi connectivity index (χ0v) is 13.0. The molecule has 3 aromatic rings. The molecule has 0 saturated carbocycles. The van der Waals surface area contributed by atoms with E-state index in [-0.39, 0.29) is 0 Å². The average molecular weight is 307 g/mol. The Morgan fingerprint density at radius 1 is 0.957 bits per heavy atom. The lowest BCUT2D eigenvalue weighted by molar-refractivity contribution is 0.118. The number of anilines is 2. The molecule has 0 aliphatic carbocycles. The Bertz CT molecular complexity index is 787. The zero-order valence-electron chi connectivity index (χ0n) is 13.0. The highest BCUT2D eigenvalue weighted by atomic mass is 16.5. The largest absolute Gasteiger partial charge is 0.396 e. The summed E-state index contributed by atoms with van der Waals surface area (Å²) in [6, 6.07) is 16.4. The third-order valence-electron chi connectivity index (χ3n) is 3.87. The van der Waals surface area contributed by atoms with Gasteiger partial charge in [0.15, 0.2) is 0 Å². The summed E-state index contributed by atoms with van der Waals surface area (Å²) in [5.74, 6) is 0. The van der Waals surface area contributed by atoms with Gasteiger partial charge >= 0.3 is 0 Å². The number of nitrogens with zero attached hydrogens (tertiary/aromatic N) is 1. The van der Waals surface area contributed by atoms with E-state index in [4.69, 9.17) is 16.2 Å². The molecular formula is C19H21N3O. The Morgan fingerprint density at radius 2 is 1.78 bits per heavy atom. The number of pyridine rings is 1. The number of nitrogen functional groups attached to an aromatic ring is 2. The highest BCUT2D eigenvalue weighted by molar-refractivity contribution is 5.95. The first kappa shape index (κ1) is 15.3. The van der Waals surface area contributed by atoms with Crippen molar-refractivity contribution in [2.45, 2.75) is 19.4 Å². The van der Waals surface area contributed by atoms with E-state index in [1.165, 1.54) is 11.1 Å². The average Bonchev–Trinajstić information content (AvgIpc) is 2.59. The fourth-order valence-corrected chi connectivity index (χ4v) is 2.57. The number of hydrogen-bond acceptors (Lipinski definition) is 4. The van der Waals surface area contributed by atoms with Crippen LogP contribution in [0.4, 0.5) is 11.4 Å². The van der Waals surface area contributed by atoms with Crippen molar-refractivity contribution in [3.05, 3.63) is 65.9 Å². The third-order valence-corrected chi connectivity index (χ3v) is 3.87. The number of nitrogens with two attached hydrogens (primary N) is 2. The van der Waals surface area contributed by atoms with Gasteiger partial charge in [-0.05, 0) is 36.1 Å². The van der Waals surface area contributed by atoms with Crippen molar-refractivity contribution < 1.29 is 4.74 Å². The first-order valence-electron chi connectivity index (χ1n) is 7.78. The fourth-order valence-electron chi connectivity index (χ4n) is 2.57. The molecule has 0 atom stereocenters. The molecule has 3 rings (SSSR count). The summed E-state index contributed by atoms with van der Waals surface area (Å²) < 4.78 is 5.71. The van der Waals surface area contributed by atoms with E-state index < -0.39 is 0 Å². The Kier molecular flexibility index (Phi) is 4.74. The van der Waals surface area contributed by atoms with Crippen LogP contribution < -0.4 is 11.5 Å². The second kappa shape index (κ2) is 7.11. The van der Waals surface area contributed by atoms with Crippen molar-refractivity contribution >= 4 is 22.3 Å². The molecule has 0 radical (unpaired) electrons. The molecule has 0 unspecified atom stereocenters. The molecule has 0 aliphatic rings. The Morgan fingerprint density at radius 3 is 2.61 bits per heavy atom. The summed E-state index contributed by atoms with van der Waals surface area (Å²) in [6.45, 7) is 1.39. The number of fused-ring (bicyclic) bond motifs is 1. The van der Waals surface area contributed by atoms with Crippen molar-refractivity contribution in [3.8, 4) is 0 Å². The van der Waals surface area contributed by atoms with Gasteiger partial charge in [-0.25, -0.2) is 0 Å². The summed E-state index contributed by atoms with van der Waals surface area (Å²) in [5, 5.41) is 0.924. The number of hydrogen-bond donors (Lipinski definition) is 2. The molecule has 0 bridgehead atoms. The Labute approximate surface area is 136 Å². The molecule has 0 fully saturated rings. The van der Waals surface area contributed by atoms with E-state index >= 15 is 0 Å². The lowest BCUT2D eigenvalue weighted by Gasteiger charge is -2.08. The minimum atomic E-state index is 0.529. The topological polar surface area (TPSA) is 74.2 Å². The lowest BCUT2D eigenvalue weighted by Crippen LogP contribution is -1.99. The quantitative estimate of drug-likeness (QED) is 0.683. The molecule has 0 saturated heterocycles.